The molecule has 24 heavy (non-hydrogen) atoms. The maximum atomic E-state index is 12.3. The molecule has 1 amide bonds. The highest BCUT2D eigenvalue weighted by Gasteiger charge is 2.25. The molecule has 0 radical (unpaired) electrons. The lowest BCUT2D eigenvalue weighted by Crippen LogP contribution is -2.44. The summed E-state index contributed by atoms with van der Waals surface area (Å²) in [5, 5.41) is 11.4. The van der Waals surface area contributed by atoms with Crippen molar-refractivity contribution in [1.82, 2.24) is 20.4 Å². The minimum Gasteiger partial charge on any atom is -0.379 e. The zero-order chi connectivity index (χ0) is 16.8. The van der Waals surface area contributed by atoms with E-state index in [1.54, 1.807) is 6.07 Å². The molecule has 0 saturated carbocycles. The van der Waals surface area contributed by atoms with Crippen LogP contribution in [0.2, 0.25) is 5.15 Å². The second kappa shape index (κ2) is 8.60. The van der Waals surface area contributed by atoms with E-state index in [9.17, 15) is 4.79 Å². The van der Waals surface area contributed by atoms with Crippen molar-refractivity contribution >= 4 is 23.3 Å². The molecule has 2 saturated heterocycles. The Balaban J connectivity index is 1.37. The number of nitrogens with one attached hydrogen (secondary N) is 1. The Labute approximate surface area is 147 Å². The van der Waals surface area contributed by atoms with Crippen molar-refractivity contribution in [3.8, 4) is 0 Å². The molecule has 3 rings (SSSR count). The summed E-state index contributed by atoms with van der Waals surface area (Å²) in [4.78, 5) is 16.8. The van der Waals surface area contributed by atoms with Crippen LogP contribution in [0.4, 0.5) is 5.82 Å². The number of rotatable bonds is 5. The lowest BCUT2D eigenvalue weighted by atomic mass is 9.96. The number of anilines is 1. The normalized spacial score (nSPS) is 20.1. The average molecular weight is 354 g/mol. The molecule has 1 aromatic rings. The number of hydrogen-bond donors (Lipinski definition) is 1. The number of ether oxygens (including phenoxy) is 1. The highest BCUT2D eigenvalue weighted by Crippen LogP contribution is 2.22. The van der Waals surface area contributed by atoms with Crippen LogP contribution in [-0.4, -0.2) is 73.5 Å². The van der Waals surface area contributed by atoms with Crippen molar-refractivity contribution < 1.29 is 9.53 Å². The van der Waals surface area contributed by atoms with Gasteiger partial charge in [-0.15, -0.1) is 10.2 Å². The Kier molecular flexibility index (Phi) is 6.23. The summed E-state index contributed by atoms with van der Waals surface area (Å²) >= 11 is 5.76. The molecule has 0 atom stereocenters. The highest BCUT2D eigenvalue weighted by atomic mass is 35.5. The zero-order valence-corrected chi connectivity index (χ0v) is 14.5. The van der Waals surface area contributed by atoms with Gasteiger partial charge in [0.15, 0.2) is 11.0 Å². The molecule has 2 fully saturated rings. The topological polar surface area (TPSA) is 70.6 Å². The van der Waals surface area contributed by atoms with Crippen LogP contribution in [0.3, 0.4) is 0 Å². The van der Waals surface area contributed by atoms with E-state index in [0.29, 0.717) is 11.7 Å². The second-order valence-corrected chi connectivity index (χ2v) is 6.61. The van der Waals surface area contributed by atoms with Gasteiger partial charge >= 0.3 is 0 Å². The van der Waals surface area contributed by atoms with Crippen LogP contribution in [0.1, 0.15) is 12.8 Å². The summed E-state index contributed by atoms with van der Waals surface area (Å²) in [7, 11) is 0. The van der Waals surface area contributed by atoms with E-state index in [-0.39, 0.29) is 11.8 Å². The van der Waals surface area contributed by atoms with Crippen LogP contribution in [0.15, 0.2) is 12.1 Å². The Bertz CT molecular complexity index is 528. The highest BCUT2D eigenvalue weighted by molar-refractivity contribution is 6.29. The number of aromatic nitrogens is 2. The van der Waals surface area contributed by atoms with Crippen LogP contribution < -0.4 is 10.2 Å². The first-order valence-corrected chi connectivity index (χ1v) is 8.92. The summed E-state index contributed by atoms with van der Waals surface area (Å²) in [5.41, 5.74) is 0. The fraction of sp³-hybridized carbons (Fsp3) is 0.688. The maximum absolute atomic E-state index is 12.3. The van der Waals surface area contributed by atoms with Gasteiger partial charge in [-0.05, 0) is 25.0 Å². The van der Waals surface area contributed by atoms with Gasteiger partial charge in [0.1, 0.15) is 0 Å². The summed E-state index contributed by atoms with van der Waals surface area (Å²) in [6.45, 7) is 6.73. The third kappa shape index (κ3) is 4.78. The van der Waals surface area contributed by atoms with Gasteiger partial charge in [-0.1, -0.05) is 11.6 Å². The zero-order valence-electron chi connectivity index (χ0n) is 13.8. The van der Waals surface area contributed by atoms with Crippen LogP contribution in [0, 0.1) is 5.92 Å². The molecule has 3 heterocycles. The lowest BCUT2D eigenvalue weighted by molar-refractivity contribution is -0.125. The number of hydrogen-bond acceptors (Lipinski definition) is 6. The van der Waals surface area contributed by atoms with Gasteiger partial charge in [-0.2, -0.15) is 0 Å². The van der Waals surface area contributed by atoms with Crippen LogP contribution in [0.5, 0.6) is 0 Å². The number of carbonyl (C=O) groups is 1. The number of morpholine rings is 1. The van der Waals surface area contributed by atoms with E-state index in [0.717, 1.165) is 64.6 Å². The van der Waals surface area contributed by atoms with E-state index >= 15 is 0 Å². The van der Waals surface area contributed by atoms with E-state index in [1.165, 1.54) is 0 Å². The number of carbonyl (C=O) groups excluding carboxylic acids is 1. The summed E-state index contributed by atoms with van der Waals surface area (Å²) in [6.07, 6.45) is 1.68. The molecular weight excluding hydrogens is 330 g/mol. The average Bonchev–Trinajstić information content (AvgIpc) is 2.63. The van der Waals surface area contributed by atoms with Gasteiger partial charge in [0.2, 0.25) is 5.91 Å². The third-order valence-corrected chi connectivity index (χ3v) is 4.84. The van der Waals surface area contributed by atoms with Crippen molar-refractivity contribution in [3.63, 3.8) is 0 Å². The van der Waals surface area contributed by atoms with Crippen LogP contribution in [0.25, 0.3) is 0 Å². The van der Waals surface area contributed by atoms with Gasteiger partial charge in [0, 0.05) is 45.2 Å². The van der Waals surface area contributed by atoms with E-state index in [1.807, 2.05) is 6.07 Å². The summed E-state index contributed by atoms with van der Waals surface area (Å²) in [6, 6.07) is 3.62. The molecule has 132 valence electrons. The number of amides is 1. The number of piperidine rings is 1. The van der Waals surface area contributed by atoms with Crippen molar-refractivity contribution in [2.45, 2.75) is 12.8 Å². The van der Waals surface area contributed by atoms with Gasteiger partial charge in [-0.3, -0.25) is 9.69 Å². The Morgan fingerprint density at radius 1 is 1.21 bits per heavy atom. The summed E-state index contributed by atoms with van der Waals surface area (Å²) in [5.74, 6) is 1.09. The molecule has 2 aliphatic heterocycles. The van der Waals surface area contributed by atoms with Crippen molar-refractivity contribution in [3.05, 3.63) is 17.3 Å². The Hall–Kier alpha value is -1.44. The molecule has 0 spiro atoms. The van der Waals surface area contributed by atoms with Gasteiger partial charge in [0.05, 0.1) is 13.2 Å². The van der Waals surface area contributed by atoms with E-state index < -0.39 is 0 Å². The molecule has 7 nitrogen and oxygen atoms in total. The van der Waals surface area contributed by atoms with E-state index in [4.69, 9.17) is 16.3 Å². The van der Waals surface area contributed by atoms with Crippen molar-refractivity contribution in [1.29, 1.82) is 0 Å². The quantitative estimate of drug-likeness (QED) is 0.844. The first-order chi connectivity index (χ1) is 11.7. The molecule has 2 aliphatic rings. The fourth-order valence-electron chi connectivity index (χ4n) is 3.15. The van der Waals surface area contributed by atoms with E-state index in [2.05, 4.69) is 25.3 Å². The molecule has 0 aromatic carbocycles. The second-order valence-electron chi connectivity index (χ2n) is 6.22. The maximum Gasteiger partial charge on any atom is 0.223 e. The Morgan fingerprint density at radius 3 is 2.62 bits per heavy atom. The predicted octanol–water partition coefficient (Wildman–Crippen LogP) is 0.795. The largest absolute Gasteiger partial charge is 0.379 e. The fourth-order valence-corrected chi connectivity index (χ4v) is 3.26. The van der Waals surface area contributed by atoms with Gasteiger partial charge in [0.25, 0.3) is 0 Å². The monoisotopic (exact) mass is 353 g/mol. The molecule has 8 heteroatoms. The smallest absolute Gasteiger partial charge is 0.223 e. The lowest BCUT2D eigenvalue weighted by Gasteiger charge is -2.32. The Morgan fingerprint density at radius 2 is 1.96 bits per heavy atom. The number of nitrogens with zero attached hydrogens (tertiary/aromatic N) is 4. The minimum atomic E-state index is 0.0891. The standard InChI is InChI=1S/C16H24ClN5O2/c17-14-1-2-15(20-19-14)22-6-3-13(4-7-22)16(23)18-5-8-21-9-11-24-12-10-21/h1-2,13H,3-12H2,(H,18,23). The first-order valence-electron chi connectivity index (χ1n) is 8.54. The molecular formula is C16H24ClN5O2. The summed E-state index contributed by atoms with van der Waals surface area (Å²) < 4.78 is 5.32. The predicted molar refractivity (Wildman–Crippen MR) is 92.2 cm³/mol. The molecule has 1 N–H and O–H groups in total. The molecule has 1 aromatic heterocycles. The van der Waals surface area contributed by atoms with Crippen LogP contribution in [-0.2, 0) is 9.53 Å². The molecule has 0 bridgehead atoms. The minimum absolute atomic E-state index is 0.0891. The van der Waals surface area contributed by atoms with Gasteiger partial charge in [-0.25, -0.2) is 0 Å². The van der Waals surface area contributed by atoms with Gasteiger partial charge < -0.3 is 15.0 Å². The third-order valence-electron chi connectivity index (χ3n) is 4.64. The molecule has 0 aliphatic carbocycles. The molecule has 0 unspecified atom stereocenters. The van der Waals surface area contributed by atoms with Crippen LogP contribution >= 0.6 is 11.6 Å². The SMILES string of the molecule is O=C(NCCN1CCOCC1)C1CCN(c2ccc(Cl)nn2)CC1. The van der Waals surface area contributed by atoms with Crippen molar-refractivity contribution in [2.75, 3.05) is 57.4 Å². The first kappa shape index (κ1) is 17.4. The van der Waals surface area contributed by atoms with Crippen molar-refractivity contribution in [2.24, 2.45) is 5.92 Å². The number of halogens is 1.